The monoisotopic (exact) mass is 568 g/mol. The van der Waals surface area contributed by atoms with Crippen molar-refractivity contribution in [1.29, 1.82) is 0 Å². The van der Waals surface area contributed by atoms with Crippen molar-refractivity contribution >= 4 is 29.0 Å². The molecule has 1 aromatic carbocycles. The Balaban J connectivity index is 1.16. The fourth-order valence-electron chi connectivity index (χ4n) is 6.51. The van der Waals surface area contributed by atoms with Crippen LogP contribution in [0.25, 0.3) is 17.2 Å². The van der Waals surface area contributed by atoms with Gasteiger partial charge in [0.1, 0.15) is 17.7 Å². The molecule has 2 atom stereocenters. The highest BCUT2D eigenvalue weighted by Crippen LogP contribution is 2.36. The van der Waals surface area contributed by atoms with Crippen molar-refractivity contribution in [2.45, 2.75) is 37.3 Å². The van der Waals surface area contributed by atoms with Crippen molar-refractivity contribution in [3.63, 3.8) is 0 Å². The second-order valence-electron chi connectivity index (χ2n) is 11.5. The zero-order chi connectivity index (χ0) is 29.4. The molecule has 6 rings (SSSR count). The zero-order valence-corrected chi connectivity index (χ0v) is 23.8. The van der Waals surface area contributed by atoms with Gasteiger partial charge < -0.3 is 24.0 Å². The Morgan fingerprint density at radius 3 is 2.55 bits per heavy atom. The molecular weight excluding hydrogens is 532 g/mol. The van der Waals surface area contributed by atoms with Crippen LogP contribution in [-0.4, -0.2) is 77.2 Å². The number of nitrogens with zero attached hydrogens (tertiary/aromatic N) is 6. The molecule has 4 aromatic rings. The first-order valence-corrected chi connectivity index (χ1v) is 14.4. The molecule has 0 saturated carbocycles. The second kappa shape index (κ2) is 11.1. The van der Waals surface area contributed by atoms with Gasteiger partial charge in [0.15, 0.2) is 0 Å². The third kappa shape index (κ3) is 5.07. The summed E-state index contributed by atoms with van der Waals surface area (Å²) in [5.41, 5.74) is 0.903. The third-order valence-corrected chi connectivity index (χ3v) is 8.96. The molecule has 2 fully saturated rings. The van der Waals surface area contributed by atoms with Crippen LogP contribution >= 0.6 is 0 Å². The molecule has 0 unspecified atom stereocenters. The second-order valence-corrected chi connectivity index (χ2v) is 11.5. The van der Waals surface area contributed by atoms with Gasteiger partial charge in [-0.3, -0.25) is 19.0 Å². The molecule has 0 radical (unpaired) electrons. The zero-order valence-electron chi connectivity index (χ0n) is 23.8. The van der Waals surface area contributed by atoms with Gasteiger partial charge in [0, 0.05) is 63.7 Å². The van der Waals surface area contributed by atoms with Crippen LogP contribution in [0.2, 0.25) is 0 Å². The first-order chi connectivity index (χ1) is 20.3. The Morgan fingerprint density at radius 2 is 1.81 bits per heavy atom. The van der Waals surface area contributed by atoms with E-state index in [4.69, 9.17) is 0 Å². The van der Waals surface area contributed by atoms with E-state index in [9.17, 15) is 19.5 Å². The fraction of sp³-hybridized carbons (Fsp3) is 0.375. The van der Waals surface area contributed by atoms with Gasteiger partial charge in [-0.2, -0.15) is 0 Å². The van der Waals surface area contributed by atoms with Crippen LogP contribution in [0.3, 0.4) is 0 Å². The van der Waals surface area contributed by atoms with E-state index >= 15 is 0 Å². The van der Waals surface area contributed by atoms with E-state index in [-0.39, 0.29) is 35.8 Å². The Labute approximate surface area is 244 Å². The normalized spacial score (nSPS) is 20.5. The molecule has 2 aliphatic rings. The molecule has 218 valence electrons. The van der Waals surface area contributed by atoms with Crippen LogP contribution in [0, 0.1) is 5.92 Å². The highest BCUT2D eigenvalue weighted by atomic mass is 16.3. The van der Waals surface area contributed by atoms with Gasteiger partial charge in [0.25, 0.3) is 11.5 Å². The number of piperidine rings is 2. The van der Waals surface area contributed by atoms with E-state index in [0.717, 1.165) is 5.56 Å². The molecule has 0 spiro atoms. The van der Waals surface area contributed by atoms with Crippen LogP contribution in [0.15, 0.2) is 78.6 Å². The summed E-state index contributed by atoms with van der Waals surface area (Å²) in [7, 11) is 1.84. The number of carbonyl (C=O) groups is 2. The van der Waals surface area contributed by atoms with Crippen molar-refractivity contribution in [1.82, 2.24) is 28.5 Å². The van der Waals surface area contributed by atoms with E-state index in [1.807, 2.05) is 53.2 Å². The van der Waals surface area contributed by atoms with Gasteiger partial charge in [0.2, 0.25) is 5.91 Å². The maximum atomic E-state index is 14.0. The minimum Gasteiger partial charge on any atom is -0.388 e. The molecule has 42 heavy (non-hydrogen) atoms. The molecule has 2 saturated heterocycles. The molecule has 1 N–H and O–H groups in total. The Bertz CT molecular complexity index is 1680. The topological polar surface area (TPSA) is 106 Å². The Morgan fingerprint density at radius 1 is 1.05 bits per heavy atom. The van der Waals surface area contributed by atoms with Gasteiger partial charge in [-0.25, -0.2) is 4.98 Å². The van der Waals surface area contributed by atoms with Crippen LogP contribution in [0.1, 0.15) is 41.2 Å². The summed E-state index contributed by atoms with van der Waals surface area (Å²) >= 11 is 0. The number of amides is 2. The van der Waals surface area contributed by atoms with E-state index in [1.165, 1.54) is 10.9 Å². The molecule has 0 bridgehead atoms. The lowest BCUT2D eigenvalue weighted by Crippen LogP contribution is -2.53. The predicted octanol–water partition coefficient (Wildman–Crippen LogP) is 2.94. The highest BCUT2D eigenvalue weighted by molar-refractivity contribution is 5.94. The van der Waals surface area contributed by atoms with Crippen molar-refractivity contribution in [2.75, 3.05) is 26.2 Å². The van der Waals surface area contributed by atoms with Crippen LogP contribution in [0.4, 0.5) is 0 Å². The number of aryl methyl sites for hydroxylation is 1. The largest absolute Gasteiger partial charge is 0.388 e. The van der Waals surface area contributed by atoms with Crippen molar-refractivity contribution in [3.05, 3.63) is 95.4 Å². The van der Waals surface area contributed by atoms with Gasteiger partial charge in [-0.05, 0) is 43.0 Å². The van der Waals surface area contributed by atoms with E-state index in [1.54, 1.807) is 39.9 Å². The van der Waals surface area contributed by atoms with E-state index in [0.29, 0.717) is 62.2 Å². The summed E-state index contributed by atoms with van der Waals surface area (Å²) in [6.45, 7) is 5.65. The lowest BCUT2D eigenvalue weighted by atomic mass is 9.79. The number of rotatable bonds is 6. The number of fused-ring (bicyclic) bond motifs is 1. The standard InChI is InChI=1S/C32H36N6O4/c1-3-35-15-7-10-27(35)31(41)37-17-12-24(26(20-37)23-8-5-4-6-9-23)29(39)36-18-13-32(42,14-19-36)21-38-22-33-28-25(30(38)40)11-16-34(28)2/h3-11,15-16,22,24,26,42H,1,12-14,17-21H2,2H3/t24-,26+/m1/s1. The highest BCUT2D eigenvalue weighted by Gasteiger charge is 2.42. The molecule has 10 heteroatoms. The number of carbonyl (C=O) groups excluding carboxylic acids is 2. The lowest BCUT2D eigenvalue weighted by molar-refractivity contribution is -0.142. The molecule has 2 amide bonds. The number of benzene rings is 1. The van der Waals surface area contributed by atoms with Gasteiger partial charge in [-0.1, -0.05) is 36.9 Å². The van der Waals surface area contributed by atoms with E-state index < -0.39 is 5.60 Å². The number of likely N-dealkylation sites (tertiary alicyclic amines) is 2. The molecule has 5 heterocycles. The number of aromatic nitrogens is 4. The number of aliphatic hydroxyl groups is 1. The maximum Gasteiger partial charge on any atom is 0.270 e. The van der Waals surface area contributed by atoms with Crippen LogP contribution in [-0.2, 0) is 18.4 Å². The van der Waals surface area contributed by atoms with Crippen molar-refractivity contribution < 1.29 is 14.7 Å². The van der Waals surface area contributed by atoms with Gasteiger partial charge in [0.05, 0.1) is 17.5 Å². The minimum absolute atomic E-state index is 0.0528. The number of hydrogen-bond donors (Lipinski definition) is 1. The first kappa shape index (κ1) is 27.7. The smallest absolute Gasteiger partial charge is 0.270 e. The summed E-state index contributed by atoms with van der Waals surface area (Å²) < 4.78 is 4.98. The van der Waals surface area contributed by atoms with Crippen molar-refractivity contribution in [3.8, 4) is 0 Å². The molecular formula is C32H36N6O4. The molecule has 10 nitrogen and oxygen atoms in total. The number of hydrogen-bond acceptors (Lipinski definition) is 5. The van der Waals surface area contributed by atoms with Gasteiger partial charge >= 0.3 is 0 Å². The molecule has 0 aliphatic carbocycles. The SMILES string of the molecule is C=Cn1cccc1C(=O)N1CC[C@@H](C(=O)N2CCC(O)(Cn3cnc4c(ccn4C)c3=O)CC2)[C@H](c2ccccc2)C1. The summed E-state index contributed by atoms with van der Waals surface area (Å²) in [5, 5.41) is 11.9. The van der Waals surface area contributed by atoms with Crippen LogP contribution < -0.4 is 5.56 Å². The van der Waals surface area contributed by atoms with Crippen LogP contribution in [0.5, 0.6) is 0 Å². The third-order valence-electron chi connectivity index (χ3n) is 8.96. The first-order valence-electron chi connectivity index (χ1n) is 14.4. The van der Waals surface area contributed by atoms with E-state index in [2.05, 4.69) is 11.6 Å². The summed E-state index contributed by atoms with van der Waals surface area (Å²) in [5.74, 6) is -0.446. The summed E-state index contributed by atoms with van der Waals surface area (Å²) in [4.78, 5) is 48.5. The van der Waals surface area contributed by atoms with Gasteiger partial charge in [-0.15, -0.1) is 0 Å². The fourth-order valence-corrected chi connectivity index (χ4v) is 6.51. The molecule has 3 aromatic heterocycles. The minimum atomic E-state index is -1.11. The summed E-state index contributed by atoms with van der Waals surface area (Å²) in [6, 6.07) is 15.3. The quantitative estimate of drug-likeness (QED) is 0.385. The lowest BCUT2D eigenvalue weighted by Gasteiger charge is -2.43. The summed E-state index contributed by atoms with van der Waals surface area (Å²) in [6.07, 6.45) is 7.99. The predicted molar refractivity (Wildman–Crippen MR) is 160 cm³/mol. The Kier molecular flexibility index (Phi) is 7.32. The molecule has 2 aliphatic heterocycles. The average molecular weight is 569 g/mol. The van der Waals surface area contributed by atoms with Crippen molar-refractivity contribution in [2.24, 2.45) is 13.0 Å². The maximum absolute atomic E-state index is 14.0. The Hall–Kier alpha value is -4.44. The average Bonchev–Trinajstić information content (AvgIpc) is 3.65.